The van der Waals surface area contributed by atoms with Crippen molar-refractivity contribution in [2.45, 2.75) is 38.1 Å². The van der Waals surface area contributed by atoms with Crippen LogP contribution in [0.5, 0.6) is 0 Å². The maximum Gasteiger partial charge on any atom is 0.305 e. The van der Waals surface area contributed by atoms with Crippen LogP contribution in [0.4, 0.5) is 0 Å². The molecule has 116 valence electrons. The van der Waals surface area contributed by atoms with Gasteiger partial charge in [-0.2, -0.15) is 0 Å². The number of carbonyl (C=O) groups is 2. The van der Waals surface area contributed by atoms with Gasteiger partial charge in [-0.05, 0) is 37.6 Å². The first-order chi connectivity index (χ1) is 10.5. The van der Waals surface area contributed by atoms with Gasteiger partial charge in [0.25, 0.3) is 5.91 Å². The largest absolute Gasteiger partial charge is 0.481 e. The fourth-order valence-electron chi connectivity index (χ4n) is 2.65. The fourth-order valence-corrected chi connectivity index (χ4v) is 4.41. The van der Waals surface area contributed by atoms with Gasteiger partial charge in [0.15, 0.2) is 0 Å². The molecule has 2 aromatic rings. The number of aryl methyl sites for hydroxylation is 1. The highest BCUT2D eigenvalue weighted by Crippen LogP contribution is 2.36. The molecule has 0 saturated heterocycles. The second-order valence-electron chi connectivity index (χ2n) is 5.57. The van der Waals surface area contributed by atoms with Gasteiger partial charge in [0.1, 0.15) is 9.88 Å². The molecule has 1 aliphatic rings. The molecule has 0 unspecified atom stereocenters. The van der Waals surface area contributed by atoms with Crippen LogP contribution in [0.3, 0.4) is 0 Å². The molecule has 0 atom stereocenters. The van der Waals surface area contributed by atoms with E-state index < -0.39 is 11.5 Å². The van der Waals surface area contributed by atoms with Crippen LogP contribution in [0.25, 0.3) is 9.88 Å². The third-order valence-corrected chi connectivity index (χ3v) is 6.11. The van der Waals surface area contributed by atoms with E-state index in [9.17, 15) is 9.59 Å². The number of rotatable bonds is 5. The van der Waals surface area contributed by atoms with Crippen molar-refractivity contribution >= 4 is 34.6 Å². The number of thiazole rings is 1. The molecule has 5 nitrogen and oxygen atoms in total. The summed E-state index contributed by atoms with van der Waals surface area (Å²) in [6.45, 7) is 1.81. The Morgan fingerprint density at radius 3 is 2.77 bits per heavy atom. The molecule has 3 rings (SSSR count). The summed E-state index contributed by atoms with van der Waals surface area (Å²) < 4.78 is 0. The summed E-state index contributed by atoms with van der Waals surface area (Å²) in [5.74, 6) is -1.08. The van der Waals surface area contributed by atoms with Gasteiger partial charge in [0, 0.05) is 0 Å². The van der Waals surface area contributed by atoms with Crippen LogP contribution < -0.4 is 5.32 Å². The van der Waals surface area contributed by atoms with Gasteiger partial charge in [-0.1, -0.05) is 6.07 Å². The Labute approximate surface area is 136 Å². The summed E-state index contributed by atoms with van der Waals surface area (Å²) in [4.78, 5) is 29.6. The van der Waals surface area contributed by atoms with E-state index in [1.807, 2.05) is 24.4 Å². The van der Waals surface area contributed by atoms with E-state index in [4.69, 9.17) is 5.11 Å². The Hall–Kier alpha value is -1.73. The second-order valence-corrected chi connectivity index (χ2v) is 7.52. The Kier molecular flexibility index (Phi) is 4.01. The van der Waals surface area contributed by atoms with Crippen molar-refractivity contribution in [1.82, 2.24) is 10.3 Å². The topological polar surface area (TPSA) is 79.3 Å². The zero-order valence-electron chi connectivity index (χ0n) is 12.1. The average molecular weight is 336 g/mol. The molecule has 1 saturated carbocycles. The Morgan fingerprint density at radius 1 is 1.45 bits per heavy atom. The first kappa shape index (κ1) is 15.2. The lowest BCUT2D eigenvalue weighted by atomic mass is 9.74. The van der Waals surface area contributed by atoms with E-state index >= 15 is 0 Å². The number of hydrogen-bond donors (Lipinski definition) is 2. The lowest BCUT2D eigenvalue weighted by Crippen LogP contribution is -2.54. The van der Waals surface area contributed by atoms with Crippen molar-refractivity contribution in [3.8, 4) is 9.88 Å². The lowest BCUT2D eigenvalue weighted by Gasteiger charge is -2.41. The molecule has 0 spiro atoms. The Morgan fingerprint density at radius 2 is 2.23 bits per heavy atom. The van der Waals surface area contributed by atoms with E-state index in [1.54, 1.807) is 11.3 Å². The van der Waals surface area contributed by atoms with Gasteiger partial charge in [0.2, 0.25) is 0 Å². The van der Waals surface area contributed by atoms with Gasteiger partial charge in [-0.25, -0.2) is 4.98 Å². The van der Waals surface area contributed by atoms with E-state index in [-0.39, 0.29) is 12.3 Å². The quantitative estimate of drug-likeness (QED) is 0.878. The number of aromatic nitrogens is 1. The maximum atomic E-state index is 12.5. The van der Waals surface area contributed by atoms with Crippen LogP contribution in [0, 0.1) is 6.92 Å². The predicted molar refractivity (Wildman–Crippen MR) is 86.5 cm³/mol. The minimum Gasteiger partial charge on any atom is -0.481 e. The zero-order valence-corrected chi connectivity index (χ0v) is 13.7. The molecule has 0 radical (unpaired) electrons. The summed E-state index contributed by atoms with van der Waals surface area (Å²) in [5.41, 5.74) is 0.110. The molecule has 2 heterocycles. The van der Waals surface area contributed by atoms with Crippen molar-refractivity contribution in [2.75, 3.05) is 0 Å². The molecule has 0 aromatic carbocycles. The minimum absolute atomic E-state index is 0.0195. The number of nitrogens with zero attached hydrogens (tertiary/aromatic N) is 1. The van der Waals surface area contributed by atoms with Crippen LogP contribution in [-0.2, 0) is 4.79 Å². The number of carbonyl (C=O) groups excluding carboxylic acids is 1. The summed E-state index contributed by atoms with van der Waals surface area (Å²) >= 11 is 2.94. The van der Waals surface area contributed by atoms with Crippen molar-refractivity contribution < 1.29 is 14.7 Å². The summed E-state index contributed by atoms with van der Waals surface area (Å²) in [6.07, 6.45) is 2.38. The first-order valence-electron chi connectivity index (χ1n) is 7.05. The normalized spacial score (nSPS) is 16.0. The SMILES string of the molecule is Cc1nc(-c2cccs2)sc1C(=O)NC1(CC(=O)O)CCC1. The highest BCUT2D eigenvalue weighted by molar-refractivity contribution is 7.22. The number of nitrogens with one attached hydrogen (secondary N) is 1. The third-order valence-electron chi connectivity index (χ3n) is 3.91. The zero-order chi connectivity index (χ0) is 15.7. The van der Waals surface area contributed by atoms with Crippen LogP contribution in [0.2, 0.25) is 0 Å². The van der Waals surface area contributed by atoms with Crippen molar-refractivity contribution in [1.29, 1.82) is 0 Å². The Balaban J connectivity index is 1.79. The van der Waals surface area contributed by atoms with Crippen molar-refractivity contribution in [2.24, 2.45) is 0 Å². The van der Waals surface area contributed by atoms with Gasteiger partial charge < -0.3 is 10.4 Å². The molecular formula is C15H16N2O3S2. The number of carboxylic acid groups (broad SMARTS) is 1. The predicted octanol–water partition coefficient (Wildman–Crippen LogP) is 3.31. The number of aliphatic carboxylic acids is 1. The Bertz CT molecular complexity index is 702. The monoisotopic (exact) mass is 336 g/mol. The molecule has 0 aliphatic heterocycles. The molecule has 1 fully saturated rings. The number of amides is 1. The molecule has 2 aromatic heterocycles. The second kappa shape index (κ2) is 5.81. The minimum atomic E-state index is -0.875. The van der Waals surface area contributed by atoms with Crippen molar-refractivity contribution in [3.63, 3.8) is 0 Å². The van der Waals surface area contributed by atoms with Crippen LogP contribution in [-0.4, -0.2) is 27.5 Å². The van der Waals surface area contributed by atoms with Gasteiger partial charge >= 0.3 is 5.97 Å². The average Bonchev–Trinajstić information content (AvgIpc) is 3.04. The first-order valence-corrected chi connectivity index (χ1v) is 8.74. The molecule has 22 heavy (non-hydrogen) atoms. The number of thiophene rings is 1. The van der Waals surface area contributed by atoms with E-state index in [0.717, 1.165) is 29.1 Å². The summed E-state index contributed by atoms with van der Waals surface area (Å²) in [6, 6.07) is 3.93. The van der Waals surface area contributed by atoms with E-state index in [0.29, 0.717) is 10.6 Å². The van der Waals surface area contributed by atoms with Gasteiger partial charge in [0.05, 0.1) is 22.5 Å². The van der Waals surface area contributed by atoms with Crippen LogP contribution in [0.1, 0.15) is 41.0 Å². The van der Waals surface area contributed by atoms with E-state index in [1.165, 1.54) is 11.3 Å². The van der Waals surface area contributed by atoms with Crippen LogP contribution >= 0.6 is 22.7 Å². The molecule has 2 N–H and O–H groups in total. The lowest BCUT2D eigenvalue weighted by molar-refractivity contribution is -0.139. The molecular weight excluding hydrogens is 320 g/mol. The fraction of sp³-hybridized carbons (Fsp3) is 0.400. The third kappa shape index (κ3) is 2.91. The van der Waals surface area contributed by atoms with Crippen molar-refractivity contribution in [3.05, 3.63) is 28.1 Å². The van der Waals surface area contributed by atoms with E-state index in [2.05, 4.69) is 10.3 Å². The molecule has 0 bridgehead atoms. The maximum absolute atomic E-state index is 12.5. The summed E-state index contributed by atoms with van der Waals surface area (Å²) in [5, 5.41) is 14.8. The highest BCUT2D eigenvalue weighted by Gasteiger charge is 2.41. The number of carboxylic acids is 1. The summed E-state index contributed by atoms with van der Waals surface area (Å²) in [7, 11) is 0. The highest BCUT2D eigenvalue weighted by atomic mass is 32.1. The molecule has 1 aliphatic carbocycles. The van der Waals surface area contributed by atoms with Crippen LogP contribution in [0.15, 0.2) is 17.5 Å². The van der Waals surface area contributed by atoms with Gasteiger partial charge in [-0.3, -0.25) is 9.59 Å². The molecule has 1 amide bonds. The molecule has 7 heteroatoms. The smallest absolute Gasteiger partial charge is 0.305 e. The number of hydrogen-bond acceptors (Lipinski definition) is 5. The van der Waals surface area contributed by atoms with Gasteiger partial charge in [-0.15, -0.1) is 22.7 Å². The standard InChI is InChI=1S/C15H16N2O3S2/c1-9-12(22-14(16-9)10-4-2-7-21-10)13(20)17-15(5-3-6-15)8-11(18)19/h2,4,7H,3,5-6,8H2,1H3,(H,17,20)(H,18,19).